The lowest BCUT2D eigenvalue weighted by Crippen LogP contribution is -2.38. The van der Waals surface area contributed by atoms with Gasteiger partial charge in [-0.15, -0.1) is 0 Å². The minimum Gasteiger partial charge on any atom is -0.507 e. The molecule has 0 aromatic heterocycles. The molecule has 16 heavy (non-hydrogen) atoms. The Morgan fingerprint density at radius 1 is 1.38 bits per heavy atom. The first-order chi connectivity index (χ1) is 7.41. The summed E-state index contributed by atoms with van der Waals surface area (Å²) >= 11 is 0. The average molecular weight is 223 g/mol. The Bertz CT molecular complexity index is 428. The van der Waals surface area contributed by atoms with Gasteiger partial charge in [-0.05, 0) is 26.0 Å². The molecule has 0 bridgehead atoms. The van der Waals surface area contributed by atoms with E-state index in [0.29, 0.717) is 0 Å². The molecule has 0 radical (unpaired) electrons. The van der Waals surface area contributed by atoms with Gasteiger partial charge in [0.2, 0.25) is 0 Å². The number of aromatic hydroxyl groups is 1. The molecular formula is C11H13NO4. The molecule has 0 aliphatic heterocycles. The van der Waals surface area contributed by atoms with E-state index in [4.69, 9.17) is 5.11 Å². The molecule has 0 unspecified atom stereocenters. The zero-order chi connectivity index (χ0) is 12.3. The van der Waals surface area contributed by atoms with Gasteiger partial charge in [0.1, 0.15) is 11.8 Å². The second-order valence-electron chi connectivity index (χ2n) is 3.55. The number of nitrogens with one attached hydrogen (secondary N) is 1. The highest BCUT2D eigenvalue weighted by Gasteiger charge is 2.17. The fraction of sp³-hybridized carbons (Fsp3) is 0.273. The van der Waals surface area contributed by atoms with E-state index in [-0.39, 0.29) is 11.3 Å². The van der Waals surface area contributed by atoms with Crippen molar-refractivity contribution in [3.05, 3.63) is 29.3 Å². The lowest BCUT2D eigenvalue weighted by atomic mass is 10.1. The van der Waals surface area contributed by atoms with Crippen LogP contribution >= 0.6 is 0 Å². The number of hydrogen-bond acceptors (Lipinski definition) is 3. The van der Waals surface area contributed by atoms with Gasteiger partial charge in [0.25, 0.3) is 5.91 Å². The normalized spacial score (nSPS) is 11.9. The molecule has 1 rings (SSSR count). The smallest absolute Gasteiger partial charge is 0.325 e. The van der Waals surface area contributed by atoms with Crippen molar-refractivity contribution in [1.29, 1.82) is 0 Å². The van der Waals surface area contributed by atoms with E-state index in [1.807, 2.05) is 0 Å². The Morgan fingerprint density at radius 2 is 2.00 bits per heavy atom. The highest BCUT2D eigenvalue weighted by atomic mass is 16.4. The Balaban J connectivity index is 2.88. The van der Waals surface area contributed by atoms with Crippen molar-refractivity contribution in [3.8, 4) is 5.75 Å². The first-order valence-electron chi connectivity index (χ1n) is 4.75. The Labute approximate surface area is 92.7 Å². The Kier molecular flexibility index (Phi) is 3.50. The van der Waals surface area contributed by atoms with E-state index in [2.05, 4.69) is 5.32 Å². The maximum Gasteiger partial charge on any atom is 0.325 e. The van der Waals surface area contributed by atoms with E-state index in [1.165, 1.54) is 19.1 Å². The standard InChI is InChI=1S/C11H13NO4/c1-6-3-4-9(13)8(5-6)10(14)12-7(2)11(15)16/h3-5,7,13H,1-2H3,(H,12,14)(H,15,16)/t7-/m0/s1. The molecule has 0 heterocycles. The fourth-order valence-corrected chi connectivity index (χ4v) is 1.17. The summed E-state index contributed by atoms with van der Waals surface area (Å²) in [6.45, 7) is 3.13. The number of carbonyl (C=O) groups is 2. The average Bonchev–Trinajstić information content (AvgIpc) is 2.21. The van der Waals surface area contributed by atoms with Gasteiger partial charge in [0.05, 0.1) is 5.56 Å². The second kappa shape index (κ2) is 4.65. The van der Waals surface area contributed by atoms with Crippen LogP contribution in [0.4, 0.5) is 0 Å². The largest absolute Gasteiger partial charge is 0.507 e. The third-order valence-electron chi connectivity index (χ3n) is 2.11. The van der Waals surface area contributed by atoms with Gasteiger partial charge in [-0.3, -0.25) is 9.59 Å². The number of amides is 1. The van der Waals surface area contributed by atoms with Crippen LogP contribution in [0.1, 0.15) is 22.8 Å². The van der Waals surface area contributed by atoms with Crippen LogP contribution in [0.3, 0.4) is 0 Å². The second-order valence-corrected chi connectivity index (χ2v) is 3.55. The first kappa shape index (κ1) is 12.0. The zero-order valence-corrected chi connectivity index (χ0v) is 9.02. The maximum atomic E-state index is 11.6. The minimum atomic E-state index is -1.12. The van der Waals surface area contributed by atoms with Crippen LogP contribution in [0.25, 0.3) is 0 Å². The maximum absolute atomic E-state index is 11.6. The number of aliphatic carboxylic acids is 1. The highest BCUT2D eigenvalue weighted by Crippen LogP contribution is 2.17. The number of hydrogen-bond donors (Lipinski definition) is 3. The van der Waals surface area contributed by atoms with Crippen molar-refractivity contribution < 1.29 is 19.8 Å². The molecular weight excluding hydrogens is 210 g/mol. The molecule has 5 nitrogen and oxygen atoms in total. The van der Waals surface area contributed by atoms with E-state index in [9.17, 15) is 14.7 Å². The number of carbonyl (C=O) groups excluding carboxylic acids is 1. The summed E-state index contributed by atoms with van der Waals surface area (Å²) in [7, 11) is 0. The first-order valence-corrected chi connectivity index (χ1v) is 4.75. The Hall–Kier alpha value is -2.04. The van der Waals surface area contributed by atoms with Gasteiger partial charge in [-0.25, -0.2) is 0 Å². The predicted molar refractivity (Wildman–Crippen MR) is 57.4 cm³/mol. The molecule has 0 spiro atoms. The molecule has 1 atom stereocenters. The van der Waals surface area contributed by atoms with E-state index in [1.54, 1.807) is 13.0 Å². The van der Waals surface area contributed by atoms with Crippen molar-refractivity contribution >= 4 is 11.9 Å². The van der Waals surface area contributed by atoms with Gasteiger partial charge in [-0.2, -0.15) is 0 Å². The van der Waals surface area contributed by atoms with E-state index in [0.717, 1.165) is 5.56 Å². The predicted octanol–water partition coefficient (Wildman–Crippen LogP) is 0.904. The molecule has 1 amide bonds. The molecule has 0 aliphatic carbocycles. The van der Waals surface area contributed by atoms with Crippen LogP contribution in [-0.2, 0) is 4.79 Å². The number of aryl methyl sites for hydroxylation is 1. The molecule has 0 saturated carbocycles. The zero-order valence-electron chi connectivity index (χ0n) is 9.02. The monoisotopic (exact) mass is 223 g/mol. The summed E-state index contributed by atoms with van der Waals surface area (Å²) in [4.78, 5) is 22.1. The lowest BCUT2D eigenvalue weighted by Gasteiger charge is -2.10. The number of phenolic OH excluding ortho intramolecular Hbond substituents is 1. The fourth-order valence-electron chi connectivity index (χ4n) is 1.17. The third-order valence-corrected chi connectivity index (χ3v) is 2.11. The number of carboxylic acid groups (broad SMARTS) is 1. The lowest BCUT2D eigenvalue weighted by molar-refractivity contribution is -0.138. The van der Waals surface area contributed by atoms with Crippen LogP contribution in [0.2, 0.25) is 0 Å². The van der Waals surface area contributed by atoms with E-state index >= 15 is 0 Å². The van der Waals surface area contributed by atoms with Gasteiger partial charge in [0.15, 0.2) is 0 Å². The number of phenols is 1. The molecule has 86 valence electrons. The van der Waals surface area contributed by atoms with Crippen molar-refractivity contribution in [3.63, 3.8) is 0 Å². The minimum absolute atomic E-state index is 0.0769. The van der Waals surface area contributed by atoms with Crippen LogP contribution in [0.15, 0.2) is 18.2 Å². The molecule has 1 aromatic carbocycles. The number of rotatable bonds is 3. The van der Waals surface area contributed by atoms with Crippen molar-refractivity contribution in [1.82, 2.24) is 5.32 Å². The third kappa shape index (κ3) is 2.73. The van der Waals surface area contributed by atoms with Crippen LogP contribution in [-0.4, -0.2) is 28.1 Å². The summed E-state index contributed by atoms with van der Waals surface area (Å²) in [5, 5.41) is 20.3. The SMILES string of the molecule is Cc1ccc(O)c(C(=O)N[C@@H](C)C(=O)O)c1. The molecule has 3 N–H and O–H groups in total. The molecule has 0 saturated heterocycles. The van der Waals surface area contributed by atoms with Gasteiger partial charge < -0.3 is 15.5 Å². The number of carboxylic acids is 1. The number of benzene rings is 1. The summed E-state index contributed by atoms with van der Waals surface area (Å²) in [5.74, 6) is -1.89. The summed E-state index contributed by atoms with van der Waals surface area (Å²) in [6.07, 6.45) is 0. The molecule has 0 aliphatic rings. The summed E-state index contributed by atoms with van der Waals surface area (Å²) < 4.78 is 0. The molecule has 5 heteroatoms. The Morgan fingerprint density at radius 3 is 2.56 bits per heavy atom. The van der Waals surface area contributed by atoms with Crippen molar-refractivity contribution in [2.75, 3.05) is 0 Å². The highest BCUT2D eigenvalue weighted by molar-refractivity contribution is 5.98. The molecule has 1 aromatic rings. The van der Waals surface area contributed by atoms with Crippen molar-refractivity contribution in [2.24, 2.45) is 0 Å². The van der Waals surface area contributed by atoms with Crippen LogP contribution < -0.4 is 5.32 Å². The quantitative estimate of drug-likeness (QED) is 0.710. The van der Waals surface area contributed by atoms with Crippen LogP contribution in [0, 0.1) is 6.92 Å². The summed E-state index contributed by atoms with van der Waals surface area (Å²) in [6, 6.07) is 3.56. The van der Waals surface area contributed by atoms with Gasteiger partial charge >= 0.3 is 5.97 Å². The van der Waals surface area contributed by atoms with Crippen LogP contribution in [0.5, 0.6) is 5.75 Å². The van der Waals surface area contributed by atoms with E-state index < -0.39 is 17.9 Å². The van der Waals surface area contributed by atoms with Crippen molar-refractivity contribution in [2.45, 2.75) is 19.9 Å². The molecule has 0 fully saturated rings. The summed E-state index contributed by atoms with van der Waals surface area (Å²) in [5.41, 5.74) is 0.888. The topological polar surface area (TPSA) is 86.6 Å². The van der Waals surface area contributed by atoms with Gasteiger partial charge in [0, 0.05) is 0 Å². The van der Waals surface area contributed by atoms with Gasteiger partial charge in [-0.1, -0.05) is 11.6 Å².